The molecule has 0 fully saturated rings. The van der Waals surface area contributed by atoms with Gasteiger partial charge in [-0.1, -0.05) is 48.5 Å². The predicted octanol–water partition coefficient (Wildman–Crippen LogP) is 11.3. The van der Waals surface area contributed by atoms with Crippen LogP contribution < -0.4 is 15.1 Å². The lowest BCUT2D eigenvalue weighted by molar-refractivity contribution is 0.467. The van der Waals surface area contributed by atoms with E-state index in [4.69, 9.17) is 8.72 Å². The van der Waals surface area contributed by atoms with Crippen molar-refractivity contribution in [3.05, 3.63) is 123 Å². The second-order valence-corrected chi connectivity index (χ2v) is 17.1. The van der Waals surface area contributed by atoms with Gasteiger partial charge in [0.25, 0.3) is 0 Å². The van der Waals surface area contributed by atoms with Crippen LogP contribution in [0.2, 0.25) is 0 Å². The zero-order chi connectivity index (χ0) is 35.8. The van der Waals surface area contributed by atoms with E-state index in [9.17, 15) is 19.3 Å². The monoisotopic (exact) mass is 701 g/mol. The van der Waals surface area contributed by atoms with Crippen molar-refractivity contribution in [2.45, 2.75) is 55.4 Å². The first kappa shape index (κ1) is 33.6. The van der Waals surface area contributed by atoms with Crippen molar-refractivity contribution in [1.82, 2.24) is 0 Å². The number of aromatic hydroxyl groups is 2. The third-order valence-electron chi connectivity index (χ3n) is 9.49. The summed E-state index contributed by atoms with van der Waals surface area (Å²) in [5.74, 6) is 0.384. The molecular weight excluding hydrogens is 662 g/mol. The van der Waals surface area contributed by atoms with E-state index >= 15 is 0 Å². The van der Waals surface area contributed by atoms with Gasteiger partial charge in [-0.05, 0) is 135 Å². The molecular formula is C42H39O6P2+. The third kappa shape index (κ3) is 5.39. The van der Waals surface area contributed by atoms with Crippen molar-refractivity contribution in [3.8, 4) is 28.4 Å². The highest BCUT2D eigenvalue weighted by Crippen LogP contribution is 2.58. The molecule has 50 heavy (non-hydrogen) atoms. The van der Waals surface area contributed by atoms with Gasteiger partial charge < -0.3 is 14.7 Å². The topological polar surface area (TPSA) is 97.0 Å². The Kier molecular flexibility index (Phi) is 8.17. The van der Waals surface area contributed by atoms with E-state index in [1.165, 1.54) is 11.6 Å². The summed E-state index contributed by atoms with van der Waals surface area (Å²) < 4.78 is 39.0. The molecule has 252 valence electrons. The Hall–Kier alpha value is -4.89. The first-order valence-corrected chi connectivity index (χ1v) is 19.3. The van der Waals surface area contributed by atoms with Crippen LogP contribution in [0.4, 0.5) is 0 Å². The molecule has 1 aromatic heterocycles. The van der Waals surface area contributed by atoms with Crippen molar-refractivity contribution in [2.24, 2.45) is 0 Å². The Bertz CT molecular complexity index is 2690. The molecule has 0 bridgehead atoms. The summed E-state index contributed by atoms with van der Waals surface area (Å²) in [5.41, 5.74) is 11.0. The number of phenols is 2. The smallest absolute Gasteiger partial charge is 0.507 e. The van der Waals surface area contributed by atoms with Crippen LogP contribution in [-0.2, 0) is 9.13 Å². The first-order valence-electron chi connectivity index (χ1n) is 16.5. The molecule has 1 aliphatic heterocycles. The van der Waals surface area contributed by atoms with Crippen LogP contribution in [0.15, 0.2) is 83.1 Å². The van der Waals surface area contributed by atoms with Gasteiger partial charge in [-0.25, -0.2) is 4.20 Å². The van der Waals surface area contributed by atoms with Crippen LogP contribution in [0.5, 0.6) is 17.2 Å². The standard InChI is InChI=1S/C26H23O4P.C16H16O2P/c1-14-10-17(4)26-20(11-14)24-16(3)9-15(2)12-22(24)31(29,30-26)23-13-21(27)18-7-5-6-8-19(18)25(23)28;1-9-6-12(4)16-13(7-9)15-11(3)5-10(2)8-14(15)19(17)18-16/h5-13,27-28H,1-4H3;5-8H,1-4H3/q;+1. The molecule has 7 aromatic rings. The summed E-state index contributed by atoms with van der Waals surface area (Å²) in [6.45, 7) is 16.1. The number of phenolic OH excluding ortho intramolecular Hbond substituents is 2. The van der Waals surface area contributed by atoms with Crippen molar-refractivity contribution >= 4 is 57.9 Å². The van der Waals surface area contributed by atoms with Crippen molar-refractivity contribution in [2.75, 3.05) is 0 Å². The largest absolute Gasteiger partial charge is 0.597 e. The molecule has 2 unspecified atom stereocenters. The van der Waals surface area contributed by atoms with Gasteiger partial charge in [0.1, 0.15) is 17.2 Å². The summed E-state index contributed by atoms with van der Waals surface area (Å²) >= 11 is 0. The van der Waals surface area contributed by atoms with Crippen LogP contribution in [-0.4, -0.2) is 10.2 Å². The Balaban J connectivity index is 0.000000176. The predicted molar refractivity (Wildman–Crippen MR) is 206 cm³/mol. The second-order valence-electron chi connectivity index (χ2n) is 13.7. The van der Waals surface area contributed by atoms with Crippen molar-refractivity contribution in [3.63, 3.8) is 0 Å². The van der Waals surface area contributed by atoms with Gasteiger partial charge in [-0.3, -0.25) is 4.57 Å². The molecule has 1 aliphatic rings. The maximum atomic E-state index is 14.7. The molecule has 0 aliphatic carbocycles. The van der Waals surface area contributed by atoms with Crippen LogP contribution in [0.1, 0.15) is 44.5 Å². The maximum Gasteiger partial charge on any atom is 0.597 e. The van der Waals surface area contributed by atoms with E-state index < -0.39 is 15.0 Å². The fourth-order valence-corrected chi connectivity index (χ4v) is 11.4. The van der Waals surface area contributed by atoms with E-state index in [1.807, 2.05) is 65.8 Å². The van der Waals surface area contributed by atoms with Gasteiger partial charge in [-0.15, -0.1) is 0 Å². The Morgan fingerprint density at radius 1 is 0.620 bits per heavy atom. The Labute approximate surface area is 292 Å². The lowest BCUT2D eigenvalue weighted by Crippen LogP contribution is -2.27. The number of hydrogen-bond donors (Lipinski definition) is 2. The van der Waals surface area contributed by atoms with E-state index in [1.54, 1.807) is 24.3 Å². The summed E-state index contributed by atoms with van der Waals surface area (Å²) in [4.78, 5) is 0. The summed E-state index contributed by atoms with van der Waals surface area (Å²) in [7, 11) is -5.57. The molecule has 0 amide bonds. The molecule has 2 atom stereocenters. The molecule has 6 nitrogen and oxygen atoms in total. The molecule has 0 radical (unpaired) electrons. The van der Waals surface area contributed by atoms with Gasteiger partial charge in [0.2, 0.25) is 5.12 Å². The molecule has 8 rings (SSSR count). The van der Waals surface area contributed by atoms with E-state index in [-0.39, 0.29) is 16.8 Å². The number of fused-ring (bicyclic) bond motifs is 7. The number of rotatable bonds is 1. The molecule has 8 heteroatoms. The summed E-state index contributed by atoms with van der Waals surface area (Å²) in [5, 5.41) is 26.4. The maximum absolute atomic E-state index is 14.7. The van der Waals surface area contributed by atoms with E-state index in [0.29, 0.717) is 21.8 Å². The highest BCUT2D eigenvalue weighted by atomic mass is 31.2. The van der Waals surface area contributed by atoms with Gasteiger partial charge in [-0.2, -0.15) is 0 Å². The number of aryl methyl sites for hydroxylation is 8. The molecule has 2 N–H and O–H groups in total. The highest BCUT2D eigenvalue weighted by molar-refractivity contribution is 7.75. The van der Waals surface area contributed by atoms with E-state index in [0.717, 1.165) is 71.5 Å². The van der Waals surface area contributed by atoms with Crippen LogP contribution >= 0.6 is 15.0 Å². The van der Waals surface area contributed by atoms with Crippen molar-refractivity contribution < 1.29 is 28.1 Å². The zero-order valence-electron chi connectivity index (χ0n) is 29.4. The fourth-order valence-electron chi connectivity index (χ4n) is 7.53. The van der Waals surface area contributed by atoms with Crippen LogP contribution in [0.3, 0.4) is 0 Å². The van der Waals surface area contributed by atoms with Crippen LogP contribution in [0.25, 0.3) is 43.4 Å². The van der Waals surface area contributed by atoms with Gasteiger partial charge in [0.05, 0.1) is 10.6 Å². The van der Waals surface area contributed by atoms with Gasteiger partial charge in [0, 0.05) is 32.7 Å². The SMILES string of the molecule is Cc1cc(C)c2c(c1)-c1c(C)cc(C)cc1P(=O)(c1cc(O)c3ccccc3c1O)O2.Cc1cc(C)c2o[p+](=O)c3cc(C)cc(C)c3c2c1. The minimum absolute atomic E-state index is 0.0421. The molecule has 0 saturated heterocycles. The van der Waals surface area contributed by atoms with Gasteiger partial charge >= 0.3 is 15.0 Å². The molecule has 6 aromatic carbocycles. The Morgan fingerprint density at radius 2 is 1.22 bits per heavy atom. The van der Waals surface area contributed by atoms with E-state index in [2.05, 4.69) is 38.1 Å². The average Bonchev–Trinajstić information content (AvgIpc) is 3.04. The number of benzene rings is 6. The zero-order valence-corrected chi connectivity index (χ0v) is 31.2. The molecule has 0 spiro atoms. The lowest BCUT2D eigenvalue weighted by atomic mass is 9.94. The molecule has 0 saturated carbocycles. The Morgan fingerprint density at radius 3 is 1.96 bits per heavy atom. The fraction of sp³-hybridized carbons (Fsp3) is 0.190. The lowest BCUT2D eigenvalue weighted by Gasteiger charge is -2.32. The quantitative estimate of drug-likeness (QED) is 0.100. The highest BCUT2D eigenvalue weighted by Gasteiger charge is 2.42. The normalized spacial score (nSPS) is 15.3. The second kappa shape index (κ2) is 12.2. The summed E-state index contributed by atoms with van der Waals surface area (Å²) in [6, 6.07) is 24.6. The average molecular weight is 702 g/mol. The molecule has 2 heterocycles. The van der Waals surface area contributed by atoms with Crippen molar-refractivity contribution in [1.29, 1.82) is 0 Å². The van der Waals surface area contributed by atoms with Crippen LogP contribution in [0, 0.1) is 55.4 Å². The van der Waals surface area contributed by atoms with Gasteiger partial charge in [0.15, 0.2) is 5.58 Å². The third-order valence-corrected chi connectivity index (χ3v) is 13.0. The first-order chi connectivity index (χ1) is 23.7. The minimum Gasteiger partial charge on any atom is -0.507 e. The minimum atomic E-state index is -3.76. The number of hydrogen-bond acceptors (Lipinski definition) is 6. The summed E-state index contributed by atoms with van der Waals surface area (Å²) in [6.07, 6.45) is 0.